The van der Waals surface area contributed by atoms with E-state index in [0.29, 0.717) is 5.54 Å². The summed E-state index contributed by atoms with van der Waals surface area (Å²) in [6.07, 6.45) is 6.76. The molecule has 0 atom stereocenters. The predicted octanol–water partition coefficient (Wildman–Crippen LogP) is 4.08. The highest BCUT2D eigenvalue weighted by Gasteiger charge is 2.19. The molecular formula is C13H29N. The predicted molar refractivity (Wildman–Crippen MR) is 65.8 cm³/mol. The molecule has 1 heteroatoms. The lowest BCUT2D eigenvalue weighted by atomic mass is 10.0. The standard InChI is InChI=1S/C13H29N/c1-6-8-9-10-12-14(11-7-2)13(3,4)5/h6-12H2,1-5H3. The highest BCUT2D eigenvalue weighted by molar-refractivity contribution is 4.75. The number of rotatable bonds is 7. The normalized spacial score (nSPS) is 12.4. The van der Waals surface area contributed by atoms with Crippen molar-refractivity contribution in [2.24, 2.45) is 0 Å². The van der Waals surface area contributed by atoms with E-state index in [0.717, 1.165) is 0 Å². The summed E-state index contributed by atoms with van der Waals surface area (Å²) < 4.78 is 0. The Balaban J connectivity index is 3.74. The molecule has 0 bridgehead atoms. The molecule has 0 radical (unpaired) electrons. The lowest BCUT2D eigenvalue weighted by Crippen LogP contribution is -2.42. The lowest BCUT2D eigenvalue weighted by Gasteiger charge is -2.35. The average molecular weight is 199 g/mol. The molecule has 0 unspecified atom stereocenters. The topological polar surface area (TPSA) is 3.24 Å². The minimum atomic E-state index is 0.349. The van der Waals surface area contributed by atoms with Crippen LogP contribution < -0.4 is 0 Å². The van der Waals surface area contributed by atoms with Crippen molar-refractivity contribution in [3.63, 3.8) is 0 Å². The van der Waals surface area contributed by atoms with Gasteiger partial charge in [-0.1, -0.05) is 33.1 Å². The molecule has 0 fully saturated rings. The molecule has 0 spiro atoms. The summed E-state index contributed by atoms with van der Waals surface area (Å²) in [6.45, 7) is 14.0. The van der Waals surface area contributed by atoms with Gasteiger partial charge in [0.25, 0.3) is 0 Å². The summed E-state index contributed by atoms with van der Waals surface area (Å²) in [7, 11) is 0. The minimum Gasteiger partial charge on any atom is -0.298 e. The van der Waals surface area contributed by atoms with E-state index in [2.05, 4.69) is 39.5 Å². The molecule has 0 aliphatic heterocycles. The van der Waals surface area contributed by atoms with Crippen LogP contribution >= 0.6 is 0 Å². The van der Waals surface area contributed by atoms with Crippen LogP contribution in [-0.2, 0) is 0 Å². The van der Waals surface area contributed by atoms with Gasteiger partial charge < -0.3 is 0 Å². The smallest absolute Gasteiger partial charge is 0.0125 e. The molecule has 0 saturated carbocycles. The molecule has 0 aliphatic carbocycles. The third-order valence-electron chi connectivity index (χ3n) is 2.72. The van der Waals surface area contributed by atoms with E-state index in [9.17, 15) is 0 Å². The minimum absolute atomic E-state index is 0.349. The number of nitrogens with zero attached hydrogens (tertiary/aromatic N) is 1. The Kier molecular flexibility index (Phi) is 7.26. The molecule has 1 nitrogen and oxygen atoms in total. The van der Waals surface area contributed by atoms with Crippen molar-refractivity contribution in [2.75, 3.05) is 13.1 Å². The fraction of sp³-hybridized carbons (Fsp3) is 1.00. The highest BCUT2D eigenvalue weighted by atomic mass is 15.2. The molecule has 0 N–H and O–H groups in total. The van der Waals surface area contributed by atoms with E-state index in [1.807, 2.05) is 0 Å². The Labute approximate surface area is 90.9 Å². The molecule has 14 heavy (non-hydrogen) atoms. The molecule has 0 aromatic rings. The summed E-state index contributed by atoms with van der Waals surface area (Å²) in [5.74, 6) is 0. The Morgan fingerprint density at radius 2 is 1.43 bits per heavy atom. The zero-order valence-electron chi connectivity index (χ0n) is 10.9. The summed E-state index contributed by atoms with van der Waals surface area (Å²) >= 11 is 0. The van der Waals surface area contributed by atoms with Crippen molar-refractivity contribution >= 4 is 0 Å². The van der Waals surface area contributed by atoms with Crippen LogP contribution in [0.1, 0.15) is 66.7 Å². The fourth-order valence-electron chi connectivity index (χ4n) is 1.78. The zero-order valence-corrected chi connectivity index (χ0v) is 10.9. The Morgan fingerprint density at radius 3 is 1.86 bits per heavy atom. The maximum Gasteiger partial charge on any atom is 0.0125 e. The van der Waals surface area contributed by atoms with Gasteiger partial charge in [-0.2, -0.15) is 0 Å². The van der Waals surface area contributed by atoms with Gasteiger partial charge in [0.1, 0.15) is 0 Å². The first-order valence-corrected chi connectivity index (χ1v) is 6.27. The van der Waals surface area contributed by atoms with Gasteiger partial charge in [-0.15, -0.1) is 0 Å². The van der Waals surface area contributed by atoms with Gasteiger partial charge in [-0.3, -0.25) is 4.90 Å². The maximum atomic E-state index is 2.61. The molecule has 0 aliphatic rings. The fourth-order valence-corrected chi connectivity index (χ4v) is 1.78. The van der Waals surface area contributed by atoms with Gasteiger partial charge in [0, 0.05) is 5.54 Å². The maximum absolute atomic E-state index is 2.61. The molecule has 0 aromatic carbocycles. The Hall–Kier alpha value is -0.0400. The van der Waals surface area contributed by atoms with E-state index in [4.69, 9.17) is 0 Å². The number of unbranched alkanes of at least 4 members (excludes halogenated alkanes) is 3. The SMILES string of the molecule is CCCCCCN(CCC)C(C)(C)C. The van der Waals surface area contributed by atoms with Crippen LogP contribution in [0.2, 0.25) is 0 Å². The first kappa shape index (κ1) is 14.0. The summed E-state index contributed by atoms with van der Waals surface area (Å²) in [4.78, 5) is 2.61. The molecule has 0 amide bonds. The van der Waals surface area contributed by atoms with Crippen molar-refractivity contribution < 1.29 is 0 Å². The molecule has 0 rings (SSSR count). The first-order valence-electron chi connectivity index (χ1n) is 6.27. The molecule has 86 valence electrons. The molecule has 0 saturated heterocycles. The second kappa shape index (κ2) is 7.28. The third-order valence-corrected chi connectivity index (χ3v) is 2.72. The van der Waals surface area contributed by atoms with Crippen molar-refractivity contribution in [3.8, 4) is 0 Å². The first-order chi connectivity index (χ1) is 6.52. The molecular weight excluding hydrogens is 170 g/mol. The van der Waals surface area contributed by atoms with Crippen LogP contribution in [0.3, 0.4) is 0 Å². The number of hydrogen-bond acceptors (Lipinski definition) is 1. The van der Waals surface area contributed by atoms with Crippen LogP contribution in [0.5, 0.6) is 0 Å². The van der Waals surface area contributed by atoms with E-state index >= 15 is 0 Å². The van der Waals surface area contributed by atoms with Gasteiger partial charge in [-0.05, 0) is 46.7 Å². The van der Waals surface area contributed by atoms with Crippen molar-refractivity contribution in [1.82, 2.24) is 4.90 Å². The van der Waals surface area contributed by atoms with Crippen molar-refractivity contribution in [2.45, 2.75) is 72.3 Å². The van der Waals surface area contributed by atoms with Gasteiger partial charge in [0.05, 0.1) is 0 Å². The quantitative estimate of drug-likeness (QED) is 0.559. The second-order valence-electron chi connectivity index (χ2n) is 5.22. The van der Waals surface area contributed by atoms with Gasteiger partial charge >= 0.3 is 0 Å². The van der Waals surface area contributed by atoms with Crippen LogP contribution in [0.15, 0.2) is 0 Å². The van der Waals surface area contributed by atoms with Crippen molar-refractivity contribution in [1.29, 1.82) is 0 Å². The number of hydrogen-bond donors (Lipinski definition) is 0. The van der Waals surface area contributed by atoms with Crippen molar-refractivity contribution in [3.05, 3.63) is 0 Å². The molecule has 0 heterocycles. The average Bonchev–Trinajstić information content (AvgIpc) is 2.08. The van der Waals surface area contributed by atoms with Crippen LogP contribution in [-0.4, -0.2) is 23.5 Å². The third kappa shape index (κ3) is 6.42. The summed E-state index contributed by atoms with van der Waals surface area (Å²) in [5.41, 5.74) is 0.349. The Bertz CT molecular complexity index is 124. The van der Waals surface area contributed by atoms with Crippen LogP contribution in [0.4, 0.5) is 0 Å². The van der Waals surface area contributed by atoms with Gasteiger partial charge in [0.2, 0.25) is 0 Å². The van der Waals surface area contributed by atoms with Gasteiger partial charge in [-0.25, -0.2) is 0 Å². The van der Waals surface area contributed by atoms with E-state index in [-0.39, 0.29) is 0 Å². The summed E-state index contributed by atoms with van der Waals surface area (Å²) in [6, 6.07) is 0. The largest absolute Gasteiger partial charge is 0.298 e. The van der Waals surface area contributed by atoms with Crippen LogP contribution in [0, 0.1) is 0 Å². The molecule has 0 aromatic heterocycles. The zero-order chi connectivity index (χ0) is 11.0. The lowest BCUT2D eigenvalue weighted by molar-refractivity contribution is 0.134. The monoisotopic (exact) mass is 199 g/mol. The Morgan fingerprint density at radius 1 is 0.786 bits per heavy atom. The second-order valence-corrected chi connectivity index (χ2v) is 5.22. The van der Waals surface area contributed by atoms with E-state index in [1.165, 1.54) is 45.2 Å². The van der Waals surface area contributed by atoms with Gasteiger partial charge in [0.15, 0.2) is 0 Å². The highest BCUT2D eigenvalue weighted by Crippen LogP contribution is 2.15. The van der Waals surface area contributed by atoms with E-state index < -0.39 is 0 Å². The van der Waals surface area contributed by atoms with E-state index in [1.54, 1.807) is 0 Å². The summed E-state index contributed by atoms with van der Waals surface area (Å²) in [5, 5.41) is 0. The van der Waals surface area contributed by atoms with Crippen LogP contribution in [0.25, 0.3) is 0 Å².